The summed E-state index contributed by atoms with van der Waals surface area (Å²) in [6, 6.07) is -0.297. The number of rotatable bonds is 3. The lowest BCUT2D eigenvalue weighted by atomic mass is 9.69. The molecule has 1 saturated carbocycles. The van der Waals surface area contributed by atoms with Gasteiger partial charge in [0.05, 0.1) is 0 Å². The van der Waals surface area contributed by atoms with Gasteiger partial charge in [-0.25, -0.2) is 4.79 Å². The summed E-state index contributed by atoms with van der Waals surface area (Å²) in [6.07, 6.45) is 6.86. The lowest BCUT2D eigenvalue weighted by Crippen LogP contribution is -2.66. The van der Waals surface area contributed by atoms with Gasteiger partial charge in [0.25, 0.3) is 5.91 Å². The summed E-state index contributed by atoms with van der Waals surface area (Å²) in [6.45, 7) is 5.23. The minimum atomic E-state index is -0.615. The number of hydrogen-bond acceptors (Lipinski definition) is 3. The third kappa shape index (κ3) is 2.12. The summed E-state index contributed by atoms with van der Waals surface area (Å²) < 4.78 is 0. The molecule has 2 bridgehead atoms. The fourth-order valence-electron chi connectivity index (χ4n) is 4.36. The van der Waals surface area contributed by atoms with Crippen molar-refractivity contribution in [3.63, 3.8) is 0 Å². The summed E-state index contributed by atoms with van der Waals surface area (Å²) in [5.41, 5.74) is -0.615. The molecule has 2 aliphatic heterocycles. The second-order valence-electron chi connectivity index (χ2n) is 6.57. The van der Waals surface area contributed by atoms with Gasteiger partial charge < -0.3 is 10.2 Å². The fraction of sp³-hybridized carbons (Fsp3) is 0.867. The molecule has 0 aromatic carbocycles. The van der Waals surface area contributed by atoms with Crippen molar-refractivity contribution in [3.05, 3.63) is 0 Å². The summed E-state index contributed by atoms with van der Waals surface area (Å²) >= 11 is 0. The van der Waals surface area contributed by atoms with Crippen LogP contribution in [-0.2, 0) is 4.79 Å². The van der Waals surface area contributed by atoms with Crippen LogP contribution in [0, 0.1) is 11.8 Å². The van der Waals surface area contributed by atoms with Crippen LogP contribution < -0.4 is 10.6 Å². The van der Waals surface area contributed by atoms with E-state index in [2.05, 4.69) is 22.5 Å². The topological polar surface area (TPSA) is 61.4 Å². The molecule has 0 aromatic heterocycles. The van der Waals surface area contributed by atoms with Crippen molar-refractivity contribution in [2.45, 2.75) is 51.0 Å². The Balaban J connectivity index is 1.85. The highest BCUT2D eigenvalue weighted by atomic mass is 16.2. The highest BCUT2D eigenvalue weighted by Gasteiger charge is 2.59. The standard InChI is InChI=1S/C15H25N3O2/c1-2-3-8-18-9-11-6-4-5-7-12(10-18)15(11)13(19)16-14(20)17-15/h11-12H,2-10H2,1H3,(H2,16,17,19,20)/t11-,12-/m1/s1. The number of piperidine rings is 1. The molecule has 2 saturated heterocycles. The van der Waals surface area contributed by atoms with E-state index in [0.29, 0.717) is 0 Å². The van der Waals surface area contributed by atoms with Crippen LogP contribution in [0.5, 0.6) is 0 Å². The molecule has 5 nitrogen and oxygen atoms in total. The van der Waals surface area contributed by atoms with E-state index in [9.17, 15) is 9.59 Å². The van der Waals surface area contributed by atoms with Crippen LogP contribution in [0.4, 0.5) is 4.79 Å². The number of nitrogens with zero attached hydrogens (tertiary/aromatic N) is 1. The number of urea groups is 1. The van der Waals surface area contributed by atoms with Gasteiger partial charge in [0.1, 0.15) is 5.54 Å². The van der Waals surface area contributed by atoms with Crippen LogP contribution in [0.15, 0.2) is 0 Å². The number of nitrogens with one attached hydrogen (secondary N) is 2. The maximum Gasteiger partial charge on any atom is 0.322 e. The van der Waals surface area contributed by atoms with Gasteiger partial charge in [-0.2, -0.15) is 0 Å². The molecule has 3 rings (SSSR count). The van der Waals surface area contributed by atoms with Crippen molar-refractivity contribution in [2.24, 2.45) is 11.8 Å². The average molecular weight is 279 g/mol. The van der Waals surface area contributed by atoms with Gasteiger partial charge in [-0.15, -0.1) is 0 Å². The molecule has 0 aromatic rings. The van der Waals surface area contributed by atoms with Gasteiger partial charge in [0, 0.05) is 24.9 Å². The molecule has 0 radical (unpaired) electrons. The number of amides is 3. The molecule has 1 spiro atoms. The Labute approximate surface area is 120 Å². The monoisotopic (exact) mass is 279 g/mol. The normalized spacial score (nSPS) is 37.6. The molecule has 0 unspecified atom stereocenters. The second-order valence-corrected chi connectivity index (χ2v) is 6.57. The first-order valence-corrected chi connectivity index (χ1v) is 8.02. The Morgan fingerprint density at radius 1 is 1.20 bits per heavy atom. The Kier molecular flexibility index (Phi) is 3.71. The van der Waals surface area contributed by atoms with Crippen LogP contribution in [0.3, 0.4) is 0 Å². The Hall–Kier alpha value is -1.10. The molecule has 3 aliphatic rings. The molecule has 2 heterocycles. The van der Waals surface area contributed by atoms with Gasteiger partial charge in [-0.05, 0) is 25.8 Å². The lowest BCUT2D eigenvalue weighted by Gasteiger charge is -2.48. The van der Waals surface area contributed by atoms with Crippen molar-refractivity contribution in [1.29, 1.82) is 0 Å². The van der Waals surface area contributed by atoms with Gasteiger partial charge in [-0.1, -0.05) is 26.2 Å². The van der Waals surface area contributed by atoms with Crippen molar-refractivity contribution < 1.29 is 9.59 Å². The predicted molar refractivity (Wildman–Crippen MR) is 76.2 cm³/mol. The maximum atomic E-state index is 12.4. The number of hydrogen-bond donors (Lipinski definition) is 2. The molecule has 112 valence electrons. The molecule has 5 heteroatoms. The molecule has 1 aliphatic carbocycles. The third-order valence-electron chi connectivity index (χ3n) is 5.35. The zero-order valence-electron chi connectivity index (χ0n) is 12.3. The van der Waals surface area contributed by atoms with Crippen LogP contribution in [0.2, 0.25) is 0 Å². The van der Waals surface area contributed by atoms with E-state index in [4.69, 9.17) is 0 Å². The second kappa shape index (κ2) is 5.35. The molecule has 20 heavy (non-hydrogen) atoms. The van der Waals surface area contributed by atoms with Crippen LogP contribution in [0.25, 0.3) is 0 Å². The van der Waals surface area contributed by atoms with Gasteiger partial charge in [-0.3, -0.25) is 10.1 Å². The van der Waals surface area contributed by atoms with Crippen molar-refractivity contribution in [1.82, 2.24) is 15.5 Å². The maximum absolute atomic E-state index is 12.4. The smallest absolute Gasteiger partial charge is 0.322 e. The van der Waals surface area contributed by atoms with E-state index in [1.165, 1.54) is 25.7 Å². The van der Waals surface area contributed by atoms with Gasteiger partial charge in [0.2, 0.25) is 0 Å². The van der Waals surface area contributed by atoms with E-state index >= 15 is 0 Å². The summed E-state index contributed by atoms with van der Waals surface area (Å²) in [4.78, 5) is 26.6. The molecule has 2 N–H and O–H groups in total. The van der Waals surface area contributed by atoms with Crippen LogP contribution >= 0.6 is 0 Å². The van der Waals surface area contributed by atoms with Gasteiger partial charge >= 0.3 is 6.03 Å². The Morgan fingerprint density at radius 2 is 1.85 bits per heavy atom. The number of carbonyl (C=O) groups is 2. The average Bonchev–Trinajstić information content (AvgIpc) is 2.68. The van der Waals surface area contributed by atoms with E-state index in [1.807, 2.05) is 0 Å². The number of likely N-dealkylation sites (tertiary alicyclic amines) is 1. The van der Waals surface area contributed by atoms with Crippen LogP contribution in [-0.4, -0.2) is 42.0 Å². The highest BCUT2D eigenvalue weighted by molar-refractivity contribution is 6.07. The summed E-state index contributed by atoms with van der Waals surface area (Å²) in [5.74, 6) is 0.466. The zero-order chi connectivity index (χ0) is 14.2. The van der Waals surface area contributed by atoms with E-state index < -0.39 is 5.54 Å². The molecule has 3 amide bonds. The Bertz CT molecular complexity index is 394. The van der Waals surface area contributed by atoms with Gasteiger partial charge in [0.15, 0.2) is 0 Å². The molecule has 2 atom stereocenters. The number of unbranched alkanes of at least 4 members (excludes halogenated alkanes) is 1. The lowest BCUT2D eigenvalue weighted by molar-refractivity contribution is -0.131. The summed E-state index contributed by atoms with van der Waals surface area (Å²) in [7, 11) is 0. The van der Waals surface area contributed by atoms with E-state index in [-0.39, 0.29) is 23.8 Å². The van der Waals surface area contributed by atoms with Crippen molar-refractivity contribution in [2.75, 3.05) is 19.6 Å². The molecule has 3 fully saturated rings. The third-order valence-corrected chi connectivity index (χ3v) is 5.35. The minimum absolute atomic E-state index is 0.0745. The van der Waals surface area contributed by atoms with Crippen molar-refractivity contribution >= 4 is 11.9 Å². The first-order chi connectivity index (χ1) is 9.66. The molecular weight excluding hydrogens is 254 g/mol. The zero-order valence-corrected chi connectivity index (χ0v) is 12.3. The van der Waals surface area contributed by atoms with E-state index in [1.54, 1.807) is 0 Å². The first kappa shape index (κ1) is 13.9. The van der Waals surface area contributed by atoms with Crippen LogP contribution in [0.1, 0.15) is 45.4 Å². The SMILES string of the molecule is CCCCN1C[C@H]2CCCC[C@H](C1)C21NC(=O)NC1=O. The predicted octanol–water partition coefficient (Wildman–Crippen LogP) is 1.49. The summed E-state index contributed by atoms with van der Waals surface area (Å²) in [5, 5.41) is 5.50. The quantitative estimate of drug-likeness (QED) is 0.769. The minimum Gasteiger partial charge on any atom is -0.323 e. The Morgan fingerprint density at radius 3 is 2.35 bits per heavy atom. The number of carbonyl (C=O) groups excluding carboxylic acids is 2. The highest BCUT2D eigenvalue weighted by Crippen LogP contribution is 2.43. The first-order valence-electron chi connectivity index (χ1n) is 8.02. The van der Waals surface area contributed by atoms with E-state index in [0.717, 1.165) is 32.5 Å². The van der Waals surface area contributed by atoms with Crippen molar-refractivity contribution in [3.8, 4) is 0 Å². The number of imide groups is 1. The molecular formula is C15H25N3O2. The fourth-order valence-corrected chi connectivity index (χ4v) is 4.36. The largest absolute Gasteiger partial charge is 0.323 e.